The molecule has 0 spiro atoms. The van der Waals surface area contributed by atoms with Crippen LogP contribution in [0.5, 0.6) is 0 Å². The topological polar surface area (TPSA) is 47.4 Å². The largest absolute Gasteiger partial charge is 0.361 e. The zero-order chi connectivity index (χ0) is 26.1. The Kier molecular flexibility index (Phi) is 6.97. The van der Waals surface area contributed by atoms with Crippen molar-refractivity contribution in [3.63, 3.8) is 0 Å². The number of H-pyrrole nitrogens is 3. The molecule has 0 bridgehead atoms. The Morgan fingerprint density at radius 3 is 1.22 bits per heavy atom. The van der Waals surface area contributed by atoms with Crippen molar-refractivity contribution in [3.05, 3.63) is 140 Å². The summed E-state index contributed by atoms with van der Waals surface area (Å²) in [4.78, 5) is 11.4. The maximum absolute atomic E-state index is 3.92. The van der Waals surface area contributed by atoms with Crippen molar-refractivity contribution in [1.82, 2.24) is 15.0 Å². The Bertz CT molecular complexity index is 1370. The van der Waals surface area contributed by atoms with Gasteiger partial charge in [-0.3, -0.25) is 0 Å². The third kappa shape index (κ3) is 4.48. The molecule has 0 aliphatic rings. The Morgan fingerprint density at radius 2 is 0.892 bits per heavy atom. The van der Waals surface area contributed by atoms with Crippen LogP contribution in [0.4, 0.5) is 0 Å². The lowest BCUT2D eigenvalue weighted by atomic mass is 9.89. The second-order valence-corrected chi connectivity index (χ2v) is 10.3. The van der Waals surface area contributed by atoms with Gasteiger partial charge >= 0.3 is 0 Å². The van der Waals surface area contributed by atoms with Gasteiger partial charge in [-0.1, -0.05) is 74.5 Å². The summed E-state index contributed by atoms with van der Waals surface area (Å²) in [6.07, 6.45) is 2.07. The average molecular weight is 490 g/mol. The Morgan fingerprint density at radius 1 is 0.514 bits per heavy atom. The van der Waals surface area contributed by atoms with Crippen molar-refractivity contribution in [2.24, 2.45) is 0 Å². The highest BCUT2D eigenvalue weighted by Crippen LogP contribution is 2.39. The summed E-state index contributed by atoms with van der Waals surface area (Å²) in [7, 11) is 0. The maximum atomic E-state index is 3.92. The highest BCUT2D eigenvalue weighted by atomic mass is 14.8. The third-order valence-corrected chi connectivity index (χ3v) is 8.17. The first-order chi connectivity index (χ1) is 17.9. The van der Waals surface area contributed by atoms with Gasteiger partial charge < -0.3 is 15.0 Å². The average Bonchev–Trinajstić information content (AvgIpc) is 3.57. The highest BCUT2D eigenvalue weighted by Gasteiger charge is 2.28. The molecular formula is C34H39N3. The number of hydrogen-bond acceptors (Lipinski definition) is 0. The quantitative estimate of drug-likeness (QED) is 0.196. The van der Waals surface area contributed by atoms with Crippen LogP contribution in [0.3, 0.4) is 0 Å². The van der Waals surface area contributed by atoms with Gasteiger partial charge in [-0.05, 0) is 86.1 Å². The second kappa shape index (κ2) is 10.3. The Hall–Kier alpha value is -3.72. The van der Waals surface area contributed by atoms with E-state index in [0.717, 1.165) is 12.8 Å². The number of nitrogens with one attached hydrogen (secondary N) is 3. The van der Waals surface area contributed by atoms with E-state index < -0.39 is 0 Å². The standard InChI is InChI=1S/C34H39N3/c1-7-27-21(3)33(35-23(27)5)31(25-15-11-9-12-16-25)29-19-20-30(37-29)32(26-17-13-10-14-18-26)34-22(4)28(8-2)24(6)36-34/h9-20,31-32,35-37H,7-8H2,1-6H3. The minimum atomic E-state index is 0.114. The van der Waals surface area contributed by atoms with Gasteiger partial charge in [0, 0.05) is 34.2 Å². The van der Waals surface area contributed by atoms with Crippen molar-refractivity contribution in [3.8, 4) is 0 Å². The zero-order valence-electron chi connectivity index (χ0n) is 23.0. The van der Waals surface area contributed by atoms with E-state index in [-0.39, 0.29) is 11.8 Å². The minimum absolute atomic E-state index is 0.114. The Labute approximate surface area is 221 Å². The summed E-state index contributed by atoms with van der Waals surface area (Å²) < 4.78 is 0. The molecule has 37 heavy (non-hydrogen) atoms. The molecule has 0 saturated carbocycles. The molecule has 5 aromatic rings. The summed E-state index contributed by atoms with van der Waals surface area (Å²) in [6.45, 7) is 13.4. The maximum Gasteiger partial charge on any atom is 0.0644 e. The fraction of sp³-hybridized carbons (Fsp3) is 0.294. The summed E-state index contributed by atoms with van der Waals surface area (Å²) >= 11 is 0. The molecule has 0 fully saturated rings. The predicted octanol–water partition coefficient (Wildman–Crippen LogP) is 8.39. The van der Waals surface area contributed by atoms with Crippen LogP contribution in [0, 0.1) is 27.7 Å². The van der Waals surface area contributed by atoms with Crippen LogP contribution in [-0.2, 0) is 12.8 Å². The van der Waals surface area contributed by atoms with Crippen molar-refractivity contribution in [2.45, 2.75) is 66.2 Å². The fourth-order valence-corrected chi connectivity index (χ4v) is 6.33. The van der Waals surface area contributed by atoms with Crippen LogP contribution in [0.15, 0.2) is 72.8 Å². The molecule has 3 heteroatoms. The molecule has 3 N–H and O–H groups in total. The number of aryl methyl sites for hydroxylation is 2. The van der Waals surface area contributed by atoms with E-state index in [1.807, 2.05) is 0 Å². The molecule has 5 rings (SSSR count). The van der Waals surface area contributed by atoms with E-state index in [9.17, 15) is 0 Å². The van der Waals surface area contributed by atoms with E-state index in [4.69, 9.17) is 0 Å². The molecule has 3 heterocycles. The molecule has 3 aromatic heterocycles. The van der Waals surface area contributed by atoms with E-state index in [2.05, 4.69) is 129 Å². The van der Waals surface area contributed by atoms with Crippen molar-refractivity contribution in [2.75, 3.05) is 0 Å². The molecule has 0 aliphatic heterocycles. The van der Waals surface area contributed by atoms with Crippen LogP contribution < -0.4 is 0 Å². The number of aromatic amines is 3. The number of hydrogen-bond donors (Lipinski definition) is 3. The van der Waals surface area contributed by atoms with Crippen molar-refractivity contribution < 1.29 is 0 Å². The summed E-state index contributed by atoms with van der Waals surface area (Å²) in [5.41, 5.74) is 15.7. The molecule has 2 unspecified atom stereocenters. The van der Waals surface area contributed by atoms with Crippen LogP contribution in [0.2, 0.25) is 0 Å². The van der Waals surface area contributed by atoms with Gasteiger partial charge in [0.1, 0.15) is 0 Å². The molecule has 3 nitrogen and oxygen atoms in total. The van der Waals surface area contributed by atoms with E-state index in [1.165, 1.54) is 67.5 Å². The smallest absolute Gasteiger partial charge is 0.0644 e. The van der Waals surface area contributed by atoms with Gasteiger partial charge in [-0.2, -0.15) is 0 Å². The molecule has 0 amide bonds. The van der Waals surface area contributed by atoms with E-state index in [0.29, 0.717) is 0 Å². The number of rotatable bonds is 8. The van der Waals surface area contributed by atoms with Gasteiger partial charge in [-0.15, -0.1) is 0 Å². The van der Waals surface area contributed by atoms with Crippen molar-refractivity contribution in [1.29, 1.82) is 0 Å². The van der Waals surface area contributed by atoms with E-state index >= 15 is 0 Å². The molecule has 190 valence electrons. The second-order valence-electron chi connectivity index (χ2n) is 10.3. The fourth-order valence-electron chi connectivity index (χ4n) is 6.33. The molecule has 0 radical (unpaired) electrons. The van der Waals surface area contributed by atoms with Crippen LogP contribution in [0.1, 0.15) is 93.2 Å². The summed E-state index contributed by atoms with van der Waals surface area (Å²) in [5.74, 6) is 0.228. The first-order valence-corrected chi connectivity index (χ1v) is 13.6. The number of benzene rings is 2. The summed E-state index contributed by atoms with van der Waals surface area (Å²) in [5, 5.41) is 0. The van der Waals surface area contributed by atoms with Gasteiger partial charge in [0.2, 0.25) is 0 Å². The van der Waals surface area contributed by atoms with Gasteiger partial charge in [0.25, 0.3) is 0 Å². The monoisotopic (exact) mass is 489 g/mol. The molecule has 2 atom stereocenters. The lowest BCUT2D eigenvalue weighted by Crippen LogP contribution is -2.09. The molecule has 0 saturated heterocycles. The minimum Gasteiger partial charge on any atom is -0.361 e. The van der Waals surface area contributed by atoms with Gasteiger partial charge in [0.05, 0.1) is 11.8 Å². The molecule has 0 aliphatic carbocycles. The van der Waals surface area contributed by atoms with E-state index in [1.54, 1.807) is 0 Å². The van der Waals surface area contributed by atoms with Crippen LogP contribution in [0.25, 0.3) is 0 Å². The Balaban J connectivity index is 1.67. The first-order valence-electron chi connectivity index (χ1n) is 13.6. The third-order valence-electron chi connectivity index (χ3n) is 8.17. The lowest BCUT2D eigenvalue weighted by Gasteiger charge is -2.19. The highest BCUT2D eigenvalue weighted by molar-refractivity contribution is 5.50. The first kappa shape index (κ1) is 25.0. The van der Waals surface area contributed by atoms with Gasteiger partial charge in [0.15, 0.2) is 0 Å². The predicted molar refractivity (Wildman–Crippen MR) is 155 cm³/mol. The SMILES string of the molecule is CCc1c(C)[nH]c(C(c2ccccc2)c2ccc(C(c3ccccc3)c3[nH]c(C)c(CC)c3C)[nH]2)c1C. The van der Waals surface area contributed by atoms with Crippen LogP contribution >= 0.6 is 0 Å². The zero-order valence-corrected chi connectivity index (χ0v) is 23.0. The number of aromatic nitrogens is 3. The van der Waals surface area contributed by atoms with Gasteiger partial charge in [-0.25, -0.2) is 0 Å². The lowest BCUT2D eigenvalue weighted by molar-refractivity contribution is 0.840. The summed E-state index contributed by atoms with van der Waals surface area (Å²) in [6, 6.07) is 26.3. The molecular weight excluding hydrogens is 450 g/mol. The normalized spacial score (nSPS) is 13.1. The van der Waals surface area contributed by atoms with Crippen LogP contribution in [-0.4, -0.2) is 15.0 Å². The van der Waals surface area contributed by atoms with Crippen molar-refractivity contribution >= 4 is 0 Å². The molecule has 2 aromatic carbocycles.